The molecule has 0 aliphatic heterocycles. The van der Waals surface area contributed by atoms with Crippen molar-refractivity contribution in [3.63, 3.8) is 0 Å². The molecule has 6 heteroatoms. The van der Waals surface area contributed by atoms with Gasteiger partial charge in [-0.25, -0.2) is 4.98 Å². The van der Waals surface area contributed by atoms with E-state index in [1.807, 2.05) is 18.2 Å². The van der Waals surface area contributed by atoms with Gasteiger partial charge in [0, 0.05) is 15.5 Å². The van der Waals surface area contributed by atoms with Crippen molar-refractivity contribution in [2.24, 2.45) is 0 Å². The van der Waals surface area contributed by atoms with E-state index in [0.717, 1.165) is 34.5 Å². The molecule has 4 aromatic rings. The van der Waals surface area contributed by atoms with Gasteiger partial charge in [0.15, 0.2) is 5.13 Å². The topological polar surface area (TPSA) is 42.0 Å². The molecule has 1 amide bonds. The summed E-state index contributed by atoms with van der Waals surface area (Å²) in [5, 5.41) is 4.24. The lowest BCUT2D eigenvalue weighted by Crippen LogP contribution is -2.12. The van der Waals surface area contributed by atoms with Crippen LogP contribution in [0.25, 0.3) is 22.4 Å². The van der Waals surface area contributed by atoms with Crippen LogP contribution in [0.1, 0.15) is 28.6 Å². The Bertz CT molecular complexity index is 1200. The first-order valence-electron chi connectivity index (χ1n) is 9.97. The van der Waals surface area contributed by atoms with E-state index in [1.54, 1.807) is 18.2 Å². The molecule has 0 radical (unpaired) electrons. The fourth-order valence-electron chi connectivity index (χ4n) is 3.32. The molecule has 1 N–H and O–H groups in total. The summed E-state index contributed by atoms with van der Waals surface area (Å²) in [6.07, 6.45) is 1.89. The van der Waals surface area contributed by atoms with Gasteiger partial charge in [-0.2, -0.15) is 0 Å². The number of benzene rings is 3. The molecule has 4 rings (SSSR count). The van der Waals surface area contributed by atoms with Crippen molar-refractivity contribution < 1.29 is 4.79 Å². The first-order chi connectivity index (χ1) is 15.0. The van der Waals surface area contributed by atoms with E-state index in [9.17, 15) is 4.79 Å². The highest BCUT2D eigenvalue weighted by Crippen LogP contribution is 2.34. The van der Waals surface area contributed by atoms with E-state index in [1.165, 1.54) is 16.9 Å². The second-order valence-electron chi connectivity index (χ2n) is 7.06. The maximum absolute atomic E-state index is 12.7. The third kappa shape index (κ3) is 4.99. The number of amides is 1. The number of rotatable bonds is 6. The number of nitrogens with zero attached hydrogens (tertiary/aromatic N) is 1. The van der Waals surface area contributed by atoms with Crippen LogP contribution in [-0.4, -0.2) is 10.9 Å². The molecule has 0 saturated heterocycles. The quantitative estimate of drug-likeness (QED) is 0.312. The SMILES string of the molecule is CCCc1sc(NC(=O)c2ccc(Cl)cc2Cl)nc1-c1ccc(-c2ccccc2)cc1. The third-order valence-electron chi connectivity index (χ3n) is 4.84. The number of nitrogens with one attached hydrogen (secondary N) is 1. The van der Waals surface area contributed by atoms with E-state index in [2.05, 4.69) is 48.6 Å². The van der Waals surface area contributed by atoms with Crippen molar-refractivity contribution in [2.45, 2.75) is 19.8 Å². The van der Waals surface area contributed by atoms with E-state index < -0.39 is 0 Å². The van der Waals surface area contributed by atoms with Gasteiger partial charge in [-0.1, -0.05) is 91.1 Å². The van der Waals surface area contributed by atoms with Crippen molar-refractivity contribution in [3.8, 4) is 22.4 Å². The van der Waals surface area contributed by atoms with Crippen LogP contribution >= 0.6 is 34.5 Å². The number of aryl methyl sites for hydroxylation is 1. The van der Waals surface area contributed by atoms with Gasteiger partial charge in [0.05, 0.1) is 16.3 Å². The number of anilines is 1. The van der Waals surface area contributed by atoms with E-state index in [-0.39, 0.29) is 5.91 Å². The third-order valence-corrected chi connectivity index (χ3v) is 6.41. The van der Waals surface area contributed by atoms with E-state index in [4.69, 9.17) is 28.2 Å². The summed E-state index contributed by atoms with van der Waals surface area (Å²) in [6.45, 7) is 2.13. The van der Waals surface area contributed by atoms with Gasteiger partial charge in [0.25, 0.3) is 5.91 Å². The predicted octanol–water partition coefficient (Wildman–Crippen LogP) is 7.99. The Kier molecular flexibility index (Phi) is 6.71. The zero-order valence-electron chi connectivity index (χ0n) is 16.9. The Hall–Kier alpha value is -2.66. The number of hydrogen-bond donors (Lipinski definition) is 1. The van der Waals surface area contributed by atoms with Crippen molar-refractivity contribution in [1.82, 2.24) is 4.98 Å². The standard InChI is InChI=1S/C25H20Cl2N2OS/c1-2-6-22-23(18-11-9-17(10-12-18)16-7-4-3-5-8-16)28-25(31-22)29-24(30)20-14-13-19(26)15-21(20)27/h3-5,7-15H,2,6H2,1H3,(H,28,29,30). The average Bonchev–Trinajstić information content (AvgIpc) is 3.17. The van der Waals surface area contributed by atoms with Crippen molar-refractivity contribution in [3.05, 3.63) is 93.3 Å². The Labute approximate surface area is 195 Å². The molecule has 1 heterocycles. The van der Waals surface area contributed by atoms with Gasteiger partial charge >= 0.3 is 0 Å². The number of aromatic nitrogens is 1. The highest BCUT2D eigenvalue weighted by atomic mass is 35.5. The summed E-state index contributed by atoms with van der Waals surface area (Å²) in [7, 11) is 0. The Morgan fingerprint density at radius 1 is 0.935 bits per heavy atom. The highest BCUT2D eigenvalue weighted by Gasteiger charge is 2.17. The number of thiazole rings is 1. The fourth-order valence-corrected chi connectivity index (χ4v) is 4.89. The Morgan fingerprint density at radius 3 is 2.29 bits per heavy atom. The molecule has 1 aromatic heterocycles. The Morgan fingerprint density at radius 2 is 1.61 bits per heavy atom. The highest BCUT2D eigenvalue weighted by molar-refractivity contribution is 7.16. The molecule has 0 aliphatic carbocycles. The molecular formula is C25H20Cl2N2OS. The molecule has 31 heavy (non-hydrogen) atoms. The summed E-state index contributed by atoms with van der Waals surface area (Å²) >= 11 is 13.6. The molecule has 0 atom stereocenters. The second-order valence-corrected chi connectivity index (χ2v) is 8.99. The van der Waals surface area contributed by atoms with Crippen molar-refractivity contribution in [1.29, 1.82) is 0 Å². The van der Waals surface area contributed by atoms with Gasteiger partial charge in [-0.05, 0) is 35.7 Å². The molecule has 0 fully saturated rings. The normalized spacial score (nSPS) is 10.8. The first kappa shape index (κ1) is 21.6. The van der Waals surface area contributed by atoms with Crippen LogP contribution in [0, 0.1) is 0 Å². The molecule has 3 aromatic carbocycles. The summed E-state index contributed by atoms with van der Waals surface area (Å²) in [5.74, 6) is -0.301. The predicted molar refractivity (Wildman–Crippen MR) is 131 cm³/mol. The van der Waals surface area contributed by atoms with Gasteiger partial charge < -0.3 is 0 Å². The Balaban J connectivity index is 1.61. The number of carbonyl (C=O) groups is 1. The minimum atomic E-state index is -0.301. The van der Waals surface area contributed by atoms with Crippen LogP contribution in [0.3, 0.4) is 0 Å². The maximum atomic E-state index is 12.7. The monoisotopic (exact) mass is 466 g/mol. The zero-order valence-corrected chi connectivity index (χ0v) is 19.2. The van der Waals surface area contributed by atoms with Gasteiger partial charge in [0.2, 0.25) is 0 Å². The van der Waals surface area contributed by atoms with Gasteiger partial charge in [-0.15, -0.1) is 11.3 Å². The molecule has 3 nitrogen and oxygen atoms in total. The summed E-state index contributed by atoms with van der Waals surface area (Å²) in [4.78, 5) is 18.6. The van der Waals surface area contributed by atoms with Crippen LogP contribution < -0.4 is 5.32 Å². The van der Waals surface area contributed by atoms with Crippen LogP contribution in [0.5, 0.6) is 0 Å². The molecule has 0 aliphatic rings. The number of hydrogen-bond acceptors (Lipinski definition) is 3. The van der Waals surface area contributed by atoms with E-state index in [0.29, 0.717) is 20.7 Å². The van der Waals surface area contributed by atoms with Crippen LogP contribution in [0.15, 0.2) is 72.8 Å². The first-order valence-corrected chi connectivity index (χ1v) is 11.5. The molecule has 156 valence electrons. The largest absolute Gasteiger partial charge is 0.298 e. The van der Waals surface area contributed by atoms with Crippen LogP contribution in [0.2, 0.25) is 10.0 Å². The van der Waals surface area contributed by atoms with Gasteiger partial charge in [0.1, 0.15) is 0 Å². The van der Waals surface area contributed by atoms with Gasteiger partial charge in [-0.3, -0.25) is 10.1 Å². The minimum Gasteiger partial charge on any atom is -0.298 e. The van der Waals surface area contributed by atoms with Crippen LogP contribution in [0.4, 0.5) is 5.13 Å². The summed E-state index contributed by atoms with van der Waals surface area (Å²) in [6, 6.07) is 23.4. The maximum Gasteiger partial charge on any atom is 0.258 e. The fraction of sp³-hybridized carbons (Fsp3) is 0.120. The minimum absolute atomic E-state index is 0.301. The zero-order chi connectivity index (χ0) is 21.8. The lowest BCUT2D eigenvalue weighted by atomic mass is 10.0. The molecule has 0 saturated carbocycles. The van der Waals surface area contributed by atoms with Crippen molar-refractivity contribution >= 4 is 45.6 Å². The number of halogens is 2. The number of carbonyl (C=O) groups excluding carboxylic acids is 1. The average molecular weight is 467 g/mol. The molecule has 0 bridgehead atoms. The smallest absolute Gasteiger partial charge is 0.258 e. The van der Waals surface area contributed by atoms with E-state index >= 15 is 0 Å². The summed E-state index contributed by atoms with van der Waals surface area (Å²) in [5.41, 5.74) is 4.64. The van der Waals surface area contributed by atoms with Crippen LogP contribution in [-0.2, 0) is 6.42 Å². The lowest BCUT2D eigenvalue weighted by molar-refractivity contribution is 0.102. The summed E-state index contributed by atoms with van der Waals surface area (Å²) < 4.78 is 0. The van der Waals surface area contributed by atoms with Crippen molar-refractivity contribution in [2.75, 3.05) is 5.32 Å². The molecule has 0 spiro atoms. The molecular weight excluding hydrogens is 447 g/mol. The second kappa shape index (κ2) is 9.65. The molecule has 0 unspecified atom stereocenters. The lowest BCUT2D eigenvalue weighted by Gasteiger charge is -2.05.